The van der Waals surface area contributed by atoms with E-state index in [1.807, 2.05) is 0 Å². The van der Waals surface area contributed by atoms with Crippen LogP contribution in [0, 0.1) is 0 Å². The fraction of sp³-hybridized carbons (Fsp3) is 0.500. The number of aromatic nitrogens is 1. The predicted octanol–water partition coefficient (Wildman–Crippen LogP) is 0.161. The maximum absolute atomic E-state index is 11.1. The van der Waals surface area contributed by atoms with Crippen molar-refractivity contribution in [2.24, 2.45) is 0 Å². The van der Waals surface area contributed by atoms with Crippen LogP contribution in [0.1, 0.15) is 18.2 Å². The Morgan fingerprint density at radius 1 is 1.69 bits per heavy atom. The van der Waals surface area contributed by atoms with Crippen LogP contribution >= 0.6 is 0 Å². The molecule has 5 heteroatoms. The van der Waals surface area contributed by atoms with Gasteiger partial charge in [0.15, 0.2) is 0 Å². The maximum Gasteiger partial charge on any atom is 0.227 e. The molecule has 0 fully saturated rings. The zero-order valence-electron chi connectivity index (χ0n) is 7.41. The Bertz CT molecular complexity index is 345. The summed E-state index contributed by atoms with van der Waals surface area (Å²) in [5.74, 6) is 0.396. The second kappa shape index (κ2) is 2.76. The second-order valence-corrected chi connectivity index (χ2v) is 3.16. The van der Waals surface area contributed by atoms with E-state index in [4.69, 9.17) is 10.3 Å². The molecule has 0 unspecified atom stereocenters. The number of anilines is 1. The van der Waals surface area contributed by atoms with E-state index in [0.29, 0.717) is 19.0 Å². The molecule has 1 aliphatic heterocycles. The van der Waals surface area contributed by atoms with E-state index in [2.05, 4.69) is 5.16 Å². The Morgan fingerprint density at radius 2 is 2.46 bits per heavy atom. The summed E-state index contributed by atoms with van der Waals surface area (Å²) in [4.78, 5) is 12.8. The van der Waals surface area contributed by atoms with E-state index >= 15 is 0 Å². The van der Waals surface area contributed by atoms with Crippen LogP contribution in [-0.2, 0) is 17.8 Å². The lowest BCUT2D eigenvalue weighted by atomic mass is 10.1. The highest BCUT2D eigenvalue weighted by atomic mass is 16.5. The highest BCUT2D eigenvalue weighted by Gasteiger charge is 2.23. The van der Waals surface area contributed by atoms with E-state index in [9.17, 15) is 4.79 Å². The average molecular weight is 181 g/mol. The van der Waals surface area contributed by atoms with Gasteiger partial charge >= 0.3 is 0 Å². The van der Waals surface area contributed by atoms with Crippen LogP contribution in [0.25, 0.3) is 0 Å². The molecule has 0 aromatic carbocycles. The highest BCUT2D eigenvalue weighted by Crippen LogP contribution is 2.23. The lowest BCUT2D eigenvalue weighted by Crippen LogP contribution is -2.34. The molecule has 0 bridgehead atoms. The standard InChI is InChI=1S/C8H11N3O2/c1-5(12)11-3-2-7-6(4-11)8(9)13-10-7/h2-4,9H2,1H3. The van der Waals surface area contributed by atoms with E-state index in [1.54, 1.807) is 11.8 Å². The van der Waals surface area contributed by atoms with Crippen LogP contribution in [0.3, 0.4) is 0 Å². The average Bonchev–Trinajstić information content (AvgIpc) is 2.47. The van der Waals surface area contributed by atoms with Gasteiger partial charge in [-0.2, -0.15) is 0 Å². The summed E-state index contributed by atoms with van der Waals surface area (Å²) in [6.45, 7) is 2.78. The molecule has 1 aromatic heterocycles. The number of carbonyl (C=O) groups is 1. The van der Waals surface area contributed by atoms with Crippen molar-refractivity contribution in [1.29, 1.82) is 0 Å². The molecule has 1 aliphatic rings. The minimum atomic E-state index is 0.0613. The third-order valence-electron chi connectivity index (χ3n) is 2.31. The Hall–Kier alpha value is -1.52. The Balaban J connectivity index is 2.27. The number of amides is 1. The zero-order valence-corrected chi connectivity index (χ0v) is 7.41. The van der Waals surface area contributed by atoms with Crippen molar-refractivity contribution in [2.75, 3.05) is 12.3 Å². The molecule has 70 valence electrons. The van der Waals surface area contributed by atoms with Crippen LogP contribution in [0.2, 0.25) is 0 Å². The van der Waals surface area contributed by atoms with Crippen LogP contribution in [0.4, 0.5) is 5.88 Å². The smallest absolute Gasteiger partial charge is 0.227 e. The molecule has 0 atom stereocenters. The van der Waals surface area contributed by atoms with Crippen molar-refractivity contribution >= 4 is 11.8 Å². The van der Waals surface area contributed by atoms with Gasteiger partial charge in [0.1, 0.15) is 0 Å². The minimum Gasteiger partial charge on any atom is -0.367 e. The number of hydrogen-bond acceptors (Lipinski definition) is 4. The molecule has 0 radical (unpaired) electrons. The zero-order chi connectivity index (χ0) is 9.42. The van der Waals surface area contributed by atoms with E-state index in [0.717, 1.165) is 17.7 Å². The number of rotatable bonds is 0. The van der Waals surface area contributed by atoms with Gasteiger partial charge in [0, 0.05) is 19.9 Å². The van der Waals surface area contributed by atoms with Crippen LogP contribution in [-0.4, -0.2) is 22.5 Å². The SMILES string of the molecule is CC(=O)N1CCc2noc(N)c2C1. The van der Waals surface area contributed by atoms with Gasteiger partial charge in [-0.05, 0) is 0 Å². The minimum absolute atomic E-state index is 0.0613. The highest BCUT2D eigenvalue weighted by molar-refractivity contribution is 5.73. The van der Waals surface area contributed by atoms with Gasteiger partial charge in [-0.25, -0.2) is 0 Å². The molecule has 0 saturated heterocycles. The number of fused-ring (bicyclic) bond motifs is 1. The Morgan fingerprint density at radius 3 is 3.15 bits per heavy atom. The van der Waals surface area contributed by atoms with Gasteiger partial charge in [0.05, 0.1) is 17.8 Å². The van der Waals surface area contributed by atoms with Crippen molar-refractivity contribution in [3.05, 3.63) is 11.3 Å². The summed E-state index contributed by atoms with van der Waals surface area (Å²) in [7, 11) is 0. The lowest BCUT2D eigenvalue weighted by molar-refractivity contribution is -0.129. The molecule has 0 spiro atoms. The number of nitrogens with two attached hydrogens (primary N) is 1. The van der Waals surface area contributed by atoms with Crippen molar-refractivity contribution in [2.45, 2.75) is 19.9 Å². The quantitative estimate of drug-likeness (QED) is 0.618. The summed E-state index contributed by atoms with van der Waals surface area (Å²) in [6.07, 6.45) is 0.732. The molecule has 1 aromatic rings. The summed E-state index contributed by atoms with van der Waals surface area (Å²) < 4.78 is 4.84. The van der Waals surface area contributed by atoms with E-state index in [1.165, 1.54) is 0 Å². The molecular weight excluding hydrogens is 170 g/mol. The number of nitrogens with zero attached hydrogens (tertiary/aromatic N) is 2. The largest absolute Gasteiger partial charge is 0.367 e. The van der Waals surface area contributed by atoms with Gasteiger partial charge in [0.2, 0.25) is 11.8 Å². The fourth-order valence-corrected chi connectivity index (χ4v) is 1.50. The molecule has 2 N–H and O–H groups in total. The Kier molecular flexibility index (Phi) is 1.72. The van der Waals surface area contributed by atoms with Gasteiger partial charge in [-0.1, -0.05) is 5.16 Å². The molecule has 2 rings (SSSR count). The first kappa shape index (κ1) is 8.10. The van der Waals surface area contributed by atoms with Gasteiger partial charge < -0.3 is 15.2 Å². The normalized spacial score (nSPS) is 15.6. The molecule has 0 aliphatic carbocycles. The van der Waals surface area contributed by atoms with Crippen LogP contribution < -0.4 is 5.73 Å². The second-order valence-electron chi connectivity index (χ2n) is 3.16. The molecule has 13 heavy (non-hydrogen) atoms. The first-order chi connectivity index (χ1) is 6.18. The summed E-state index contributed by atoms with van der Waals surface area (Å²) in [6, 6.07) is 0. The third-order valence-corrected chi connectivity index (χ3v) is 2.31. The summed E-state index contributed by atoms with van der Waals surface area (Å²) in [5.41, 5.74) is 7.30. The summed E-state index contributed by atoms with van der Waals surface area (Å²) in [5, 5.41) is 3.81. The van der Waals surface area contributed by atoms with E-state index in [-0.39, 0.29) is 5.91 Å². The Labute approximate surface area is 75.5 Å². The third kappa shape index (κ3) is 1.26. The summed E-state index contributed by atoms with van der Waals surface area (Å²) >= 11 is 0. The molecule has 5 nitrogen and oxygen atoms in total. The van der Waals surface area contributed by atoms with Gasteiger partial charge in [0.25, 0.3) is 0 Å². The van der Waals surface area contributed by atoms with Crippen LogP contribution in [0.15, 0.2) is 4.52 Å². The number of nitrogen functional groups attached to an aromatic ring is 1. The van der Waals surface area contributed by atoms with Crippen LogP contribution in [0.5, 0.6) is 0 Å². The fourth-order valence-electron chi connectivity index (χ4n) is 1.50. The molecular formula is C8H11N3O2. The number of hydrogen-bond donors (Lipinski definition) is 1. The first-order valence-electron chi connectivity index (χ1n) is 4.17. The van der Waals surface area contributed by atoms with Crippen molar-refractivity contribution < 1.29 is 9.32 Å². The predicted molar refractivity (Wildman–Crippen MR) is 45.7 cm³/mol. The molecule has 1 amide bonds. The van der Waals surface area contributed by atoms with Gasteiger partial charge in [-0.3, -0.25) is 4.79 Å². The van der Waals surface area contributed by atoms with Crippen molar-refractivity contribution in [1.82, 2.24) is 10.1 Å². The van der Waals surface area contributed by atoms with Crippen molar-refractivity contribution in [3.63, 3.8) is 0 Å². The topological polar surface area (TPSA) is 72.4 Å². The molecule has 0 saturated carbocycles. The number of carbonyl (C=O) groups excluding carboxylic acids is 1. The van der Waals surface area contributed by atoms with E-state index < -0.39 is 0 Å². The first-order valence-corrected chi connectivity index (χ1v) is 4.17. The molecule has 2 heterocycles. The van der Waals surface area contributed by atoms with Gasteiger partial charge in [-0.15, -0.1) is 0 Å². The maximum atomic E-state index is 11.1. The lowest BCUT2D eigenvalue weighted by Gasteiger charge is -2.24. The monoisotopic (exact) mass is 181 g/mol. The van der Waals surface area contributed by atoms with Crippen molar-refractivity contribution in [3.8, 4) is 0 Å².